The van der Waals surface area contributed by atoms with Crippen LogP contribution in [-0.4, -0.2) is 6.61 Å². The molecule has 1 unspecified atom stereocenters. The molecule has 112 valence electrons. The number of nitrogens with two attached hydrogens (primary N) is 1. The first-order valence-corrected chi connectivity index (χ1v) is 7.06. The zero-order valence-corrected chi connectivity index (χ0v) is 12.6. The Labute approximate surface area is 124 Å². The third-order valence-corrected chi connectivity index (χ3v) is 3.43. The summed E-state index contributed by atoms with van der Waals surface area (Å²) in [4.78, 5) is 0. The van der Waals surface area contributed by atoms with E-state index in [0.717, 1.165) is 11.3 Å². The summed E-state index contributed by atoms with van der Waals surface area (Å²) in [5.74, 6) is 0.460. The molecular weight excluding hydrogens is 267 g/mol. The van der Waals surface area contributed by atoms with Crippen molar-refractivity contribution in [1.29, 1.82) is 0 Å². The van der Waals surface area contributed by atoms with E-state index in [-0.39, 0.29) is 11.9 Å². The summed E-state index contributed by atoms with van der Waals surface area (Å²) in [6, 6.07) is 10.8. The van der Waals surface area contributed by atoms with Crippen LogP contribution in [0.2, 0.25) is 0 Å². The van der Waals surface area contributed by atoms with E-state index in [1.165, 1.54) is 0 Å². The monoisotopic (exact) mass is 288 g/mol. The molecule has 0 aromatic heterocycles. The highest BCUT2D eigenvalue weighted by Crippen LogP contribution is 2.32. The Hall–Kier alpha value is -2.23. The normalized spacial score (nSPS) is 12.0. The molecule has 0 aliphatic heterocycles. The van der Waals surface area contributed by atoms with Gasteiger partial charge in [0.2, 0.25) is 0 Å². The summed E-state index contributed by atoms with van der Waals surface area (Å²) >= 11 is 0. The van der Waals surface area contributed by atoms with Crippen LogP contribution in [0.5, 0.6) is 5.75 Å². The molecule has 0 amide bonds. The van der Waals surface area contributed by atoms with Crippen LogP contribution >= 0.6 is 0 Å². The first-order valence-electron chi connectivity index (χ1n) is 7.06. The Morgan fingerprint density at radius 2 is 2.05 bits per heavy atom. The number of nitrogen functional groups attached to an aromatic ring is 1. The second kappa shape index (κ2) is 6.48. The number of hydrogen-bond donors (Lipinski definition) is 2. The Balaban J connectivity index is 2.21. The largest absolute Gasteiger partial charge is 0.492 e. The number of hydrogen-bond acceptors (Lipinski definition) is 3. The number of nitrogens with one attached hydrogen (secondary N) is 1. The summed E-state index contributed by atoms with van der Waals surface area (Å²) in [5.41, 5.74) is 8.96. The van der Waals surface area contributed by atoms with Crippen molar-refractivity contribution >= 4 is 11.4 Å². The Morgan fingerprint density at radius 3 is 2.71 bits per heavy atom. The quantitative estimate of drug-likeness (QED) is 0.807. The molecule has 0 aliphatic carbocycles. The van der Waals surface area contributed by atoms with Gasteiger partial charge in [0.1, 0.15) is 11.6 Å². The van der Waals surface area contributed by atoms with E-state index in [9.17, 15) is 4.39 Å². The van der Waals surface area contributed by atoms with Gasteiger partial charge in [-0.25, -0.2) is 4.39 Å². The van der Waals surface area contributed by atoms with Gasteiger partial charge in [0.25, 0.3) is 0 Å². The summed E-state index contributed by atoms with van der Waals surface area (Å²) in [6.45, 7) is 6.20. The van der Waals surface area contributed by atoms with Crippen molar-refractivity contribution < 1.29 is 9.13 Å². The van der Waals surface area contributed by atoms with Crippen LogP contribution in [0, 0.1) is 12.7 Å². The van der Waals surface area contributed by atoms with Gasteiger partial charge in [0, 0.05) is 6.04 Å². The second-order valence-electron chi connectivity index (χ2n) is 5.03. The molecule has 4 heteroatoms. The molecule has 3 N–H and O–H groups in total. The number of ether oxygens (including phenoxy) is 1. The predicted molar refractivity (Wildman–Crippen MR) is 85.2 cm³/mol. The van der Waals surface area contributed by atoms with E-state index < -0.39 is 0 Å². The van der Waals surface area contributed by atoms with Gasteiger partial charge < -0.3 is 15.8 Å². The maximum absolute atomic E-state index is 13.6. The minimum atomic E-state index is -0.197. The van der Waals surface area contributed by atoms with Crippen molar-refractivity contribution in [1.82, 2.24) is 0 Å². The molecular formula is C17H21FN2O. The van der Waals surface area contributed by atoms with Gasteiger partial charge in [-0.1, -0.05) is 18.2 Å². The van der Waals surface area contributed by atoms with E-state index >= 15 is 0 Å². The molecule has 0 fully saturated rings. The van der Waals surface area contributed by atoms with Crippen molar-refractivity contribution in [2.75, 3.05) is 17.7 Å². The molecule has 0 aliphatic rings. The Bertz CT molecular complexity index is 628. The minimum Gasteiger partial charge on any atom is -0.492 e. The number of halogens is 1. The van der Waals surface area contributed by atoms with Crippen molar-refractivity contribution in [3.8, 4) is 5.75 Å². The van der Waals surface area contributed by atoms with Gasteiger partial charge >= 0.3 is 0 Å². The summed E-state index contributed by atoms with van der Waals surface area (Å²) in [6.07, 6.45) is 0. The predicted octanol–water partition coefficient (Wildman–Crippen LogP) is 4.29. The second-order valence-corrected chi connectivity index (χ2v) is 5.03. The Morgan fingerprint density at radius 1 is 1.29 bits per heavy atom. The minimum absolute atomic E-state index is 0.0562. The van der Waals surface area contributed by atoms with Crippen molar-refractivity contribution in [3.63, 3.8) is 0 Å². The van der Waals surface area contributed by atoms with E-state index in [1.54, 1.807) is 19.1 Å². The average Bonchev–Trinajstić information content (AvgIpc) is 2.46. The first kappa shape index (κ1) is 15.2. The average molecular weight is 288 g/mol. The third-order valence-electron chi connectivity index (χ3n) is 3.43. The highest BCUT2D eigenvalue weighted by atomic mass is 19.1. The topological polar surface area (TPSA) is 47.3 Å². The van der Waals surface area contributed by atoms with Crippen molar-refractivity contribution in [2.45, 2.75) is 26.8 Å². The van der Waals surface area contributed by atoms with Gasteiger partial charge in [-0.05, 0) is 50.1 Å². The molecule has 0 heterocycles. The van der Waals surface area contributed by atoms with Crippen LogP contribution in [0.3, 0.4) is 0 Å². The molecule has 21 heavy (non-hydrogen) atoms. The summed E-state index contributed by atoms with van der Waals surface area (Å²) < 4.78 is 19.1. The standard InChI is InChI=1S/C17H21FN2O/c1-4-21-16-7-5-6-15(17(16)19)20-12(3)13-9-8-11(2)14(18)10-13/h5-10,12,20H,4,19H2,1-3H3. The van der Waals surface area contributed by atoms with Crippen LogP contribution in [-0.2, 0) is 0 Å². The number of aryl methyl sites for hydroxylation is 1. The number of benzene rings is 2. The molecule has 2 aromatic carbocycles. The third kappa shape index (κ3) is 3.45. The number of anilines is 2. The van der Waals surface area contributed by atoms with Crippen LogP contribution in [0.25, 0.3) is 0 Å². The highest BCUT2D eigenvalue weighted by Gasteiger charge is 2.11. The fourth-order valence-corrected chi connectivity index (χ4v) is 2.15. The fraction of sp³-hybridized carbons (Fsp3) is 0.294. The van der Waals surface area contributed by atoms with Crippen LogP contribution in [0.15, 0.2) is 36.4 Å². The molecule has 0 saturated heterocycles. The Kier molecular flexibility index (Phi) is 4.68. The maximum Gasteiger partial charge on any atom is 0.144 e. The van der Waals surface area contributed by atoms with Crippen molar-refractivity contribution in [2.24, 2.45) is 0 Å². The van der Waals surface area contributed by atoms with Gasteiger partial charge in [-0.2, -0.15) is 0 Å². The summed E-state index contributed by atoms with van der Waals surface area (Å²) in [7, 11) is 0. The molecule has 3 nitrogen and oxygen atoms in total. The molecule has 0 bridgehead atoms. The van der Waals surface area contributed by atoms with Gasteiger partial charge in [-0.15, -0.1) is 0 Å². The molecule has 1 atom stereocenters. The lowest BCUT2D eigenvalue weighted by Crippen LogP contribution is -2.09. The molecule has 2 rings (SSSR count). The maximum atomic E-state index is 13.6. The smallest absolute Gasteiger partial charge is 0.144 e. The van der Waals surface area contributed by atoms with Crippen LogP contribution in [0.1, 0.15) is 31.0 Å². The zero-order chi connectivity index (χ0) is 15.4. The SMILES string of the molecule is CCOc1cccc(NC(C)c2ccc(C)c(F)c2)c1N. The first-order chi connectivity index (χ1) is 10.0. The van der Waals surface area contributed by atoms with Gasteiger partial charge in [0.05, 0.1) is 18.0 Å². The van der Waals surface area contributed by atoms with E-state index in [4.69, 9.17) is 10.5 Å². The van der Waals surface area contributed by atoms with Gasteiger partial charge in [0.15, 0.2) is 0 Å². The van der Waals surface area contributed by atoms with E-state index in [2.05, 4.69) is 5.32 Å². The highest BCUT2D eigenvalue weighted by molar-refractivity contribution is 5.73. The van der Waals surface area contributed by atoms with E-state index in [1.807, 2.05) is 38.1 Å². The zero-order valence-electron chi connectivity index (χ0n) is 12.6. The molecule has 0 saturated carbocycles. The van der Waals surface area contributed by atoms with E-state index in [0.29, 0.717) is 23.6 Å². The van der Waals surface area contributed by atoms with Crippen molar-refractivity contribution in [3.05, 3.63) is 53.3 Å². The molecule has 2 aromatic rings. The fourth-order valence-electron chi connectivity index (χ4n) is 2.15. The number of para-hydroxylation sites is 1. The van der Waals surface area contributed by atoms with Gasteiger partial charge in [-0.3, -0.25) is 0 Å². The van der Waals surface area contributed by atoms with Crippen LogP contribution < -0.4 is 15.8 Å². The summed E-state index contributed by atoms with van der Waals surface area (Å²) in [5, 5.41) is 3.30. The lowest BCUT2D eigenvalue weighted by Gasteiger charge is -2.19. The lowest BCUT2D eigenvalue weighted by molar-refractivity contribution is 0.342. The molecule has 0 spiro atoms. The molecule has 0 radical (unpaired) electrons. The lowest BCUT2D eigenvalue weighted by atomic mass is 10.1. The number of rotatable bonds is 5. The van der Waals surface area contributed by atoms with Crippen LogP contribution in [0.4, 0.5) is 15.8 Å².